The lowest BCUT2D eigenvalue weighted by Crippen LogP contribution is -2.23. The van der Waals surface area contributed by atoms with Crippen LogP contribution in [0.5, 0.6) is 5.75 Å². The maximum atomic E-state index is 12.0. The molecule has 152 valence electrons. The average molecular weight is 393 g/mol. The molecule has 0 bridgehead atoms. The highest BCUT2D eigenvalue weighted by atomic mass is 16.5. The molecule has 3 aromatic rings. The predicted molar refractivity (Wildman–Crippen MR) is 115 cm³/mol. The molecule has 3 rings (SSSR count). The van der Waals surface area contributed by atoms with Crippen LogP contribution in [0.4, 0.5) is 0 Å². The Bertz CT molecular complexity index is 978. The van der Waals surface area contributed by atoms with Crippen LogP contribution >= 0.6 is 0 Å². The smallest absolute Gasteiger partial charge is 0.330 e. The monoisotopic (exact) mass is 393 g/mol. The SMILES string of the molecule is CCCCOC(=O)/C=C/c1cccc(OC(C)(C)C)c1-c1nc2ccccc2o1. The van der Waals surface area contributed by atoms with Crippen molar-refractivity contribution in [2.45, 2.75) is 46.1 Å². The van der Waals surface area contributed by atoms with Gasteiger partial charge in [-0.3, -0.25) is 0 Å². The number of esters is 1. The molecule has 0 saturated heterocycles. The van der Waals surface area contributed by atoms with E-state index in [4.69, 9.17) is 13.9 Å². The van der Waals surface area contributed by atoms with E-state index in [1.165, 1.54) is 6.08 Å². The molecule has 0 aliphatic carbocycles. The first-order valence-electron chi connectivity index (χ1n) is 9.90. The third-order valence-electron chi connectivity index (χ3n) is 4.12. The summed E-state index contributed by atoms with van der Waals surface area (Å²) in [6.07, 6.45) is 4.97. The molecule has 0 radical (unpaired) electrons. The van der Waals surface area contributed by atoms with Crippen LogP contribution in [0.25, 0.3) is 28.6 Å². The number of para-hydroxylation sites is 2. The highest BCUT2D eigenvalue weighted by Gasteiger charge is 2.21. The molecular formula is C24H27NO4. The minimum Gasteiger partial charge on any atom is -0.487 e. The summed E-state index contributed by atoms with van der Waals surface area (Å²) in [7, 11) is 0. The van der Waals surface area contributed by atoms with Gasteiger partial charge >= 0.3 is 5.97 Å². The predicted octanol–water partition coefficient (Wildman–Crippen LogP) is 6.03. The molecule has 0 aliphatic rings. The van der Waals surface area contributed by atoms with E-state index in [2.05, 4.69) is 11.9 Å². The number of aromatic nitrogens is 1. The Balaban J connectivity index is 2.01. The van der Waals surface area contributed by atoms with Crippen LogP contribution in [0.3, 0.4) is 0 Å². The number of hydrogen-bond acceptors (Lipinski definition) is 5. The standard InChI is InChI=1S/C24H27NO4/c1-5-6-16-27-21(26)15-14-17-10-9-13-20(29-24(2,3)4)22(17)23-25-18-11-7-8-12-19(18)28-23/h7-15H,5-6,16H2,1-4H3/b15-14+. The zero-order valence-corrected chi connectivity index (χ0v) is 17.4. The molecule has 0 saturated carbocycles. The first-order valence-corrected chi connectivity index (χ1v) is 9.90. The van der Waals surface area contributed by atoms with Crippen molar-refractivity contribution in [3.8, 4) is 17.2 Å². The van der Waals surface area contributed by atoms with Gasteiger partial charge in [0, 0.05) is 6.08 Å². The van der Waals surface area contributed by atoms with Gasteiger partial charge in [0.15, 0.2) is 5.58 Å². The first-order chi connectivity index (χ1) is 13.9. The molecule has 0 spiro atoms. The summed E-state index contributed by atoms with van der Waals surface area (Å²) in [4.78, 5) is 16.6. The van der Waals surface area contributed by atoms with Crippen molar-refractivity contribution in [2.75, 3.05) is 6.61 Å². The summed E-state index contributed by atoms with van der Waals surface area (Å²) in [5, 5.41) is 0. The van der Waals surface area contributed by atoms with Gasteiger partial charge in [-0.2, -0.15) is 0 Å². The van der Waals surface area contributed by atoms with Crippen molar-refractivity contribution < 1.29 is 18.7 Å². The number of carbonyl (C=O) groups excluding carboxylic acids is 1. The van der Waals surface area contributed by atoms with Crippen molar-refractivity contribution in [3.63, 3.8) is 0 Å². The van der Waals surface area contributed by atoms with E-state index in [0.717, 1.165) is 23.9 Å². The molecule has 0 N–H and O–H groups in total. The molecule has 1 heterocycles. The van der Waals surface area contributed by atoms with E-state index < -0.39 is 5.60 Å². The van der Waals surface area contributed by atoms with Crippen LogP contribution in [-0.2, 0) is 9.53 Å². The second-order valence-electron chi connectivity index (χ2n) is 7.78. The van der Waals surface area contributed by atoms with E-state index in [1.807, 2.05) is 63.2 Å². The number of carbonyl (C=O) groups is 1. The Kier molecular flexibility index (Phi) is 6.37. The largest absolute Gasteiger partial charge is 0.487 e. The highest BCUT2D eigenvalue weighted by Crippen LogP contribution is 2.37. The Hall–Kier alpha value is -3.08. The number of rotatable bonds is 7. The van der Waals surface area contributed by atoms with Crippen LogP contribution in [-0.4, -0.2) is 23.2 Å². The van der Waals surface area contributed by atoms with Gasteiger partial charge in [-0.1, -0.05) is 37.6 Å². The van der Waals surface area contributed by atoms with Crippen LogP contribution < -0.4 is 4.74 Å². The highest BCUT2D eigenvalue weighted by molar-refractivity contribution is 5.90. The number of hydrogen-bond donors (Lipinski definition) is 0. The Labute approximate surface area is 171 Å². The van der Waals surface area contributed by atoms with Crippen molar-refractivity contribution in [3.05, 3.63) is 54.1 Å². The molecule has 0 fully saturated rings. The summed E-state index contributed by atoms with van der Waals surface area (Å²) in [5.41, 5.74) is 2.54. The van der Waals surface area contributed by atoms with Gasteiger partial charge in [0.25, 0.3) is 0 Å². The summed E-state index contributed by atoms with van der Waals surface area (Å²) in [5.74, 6) is 0.722. The molecule has 29 heavy (non-hydrogen) atoms. The third-order valence-corrected chi connectivity index (χ3v) is 4.12. The van der Waals surface area contributed by atoms with Gasteiger partial charge in [-0.15, -0.1) is 0 Å². The van der Waals surface area contributed by atoms with Gasteiger partial charge in [-0.05, 0) is 57.0 Å². The van der Waals surface area contributed by atoms with Crippen LogP contribution in [0, 0.1) is 0 Å². The summed E-state index contributed by atoms with van der Waals surface area (Å²) in [6, 6.07) is 13.3. The van der Waals surface area contributed by atoms with Crippen molar-refractivity contribution in [1.82, 2.24) is 4.98 Å². The number of unbranched alkanes of at least 4 members (excludes halogenated alkanes) is 1. The van der Waals surface area contributed by atoms with Gasteiger partial charge < -0.3 is 13.9 Å². The number of nitrogens with zero attached hydrogens (tertiary/aromatic N) is 1. The molecule has 0 atom stereocenters. The molecule has 0 aliphatic heterocycles. The summed E-state index contributed by atoms with van der Waals surface area (Å²) < 4.78 is 17.4. The Morgan fingerprint density at radius 3 is 2.66 bits per heavy atom. The molecule has 5 nitrogen and oxygen atoms in total. The van der Waals surface area contributed by atoms with Crippen LogP contribution in [0.1, 0.15) is 46.1 Å². The molecule has 1 aromatic heterocycles. The van der Waals surface area contributed by atoms with Gasteiger partial charge in [-0.25, -0.2) is 9.78 Å². The quantitative estimate of drug-likeness (QED) is 0.279. The fourth-order valence-corrected chi connectivity index (χ4v) is 2.83. The maximum absolute atomic E-state index is 12.0. The second-order valence-corrected chi connectivity index (χ2v) is 7.78. The zero-order chi connectivity index (χ0) is 20.9. The van der Waals surface area contributed by atoms with Crippen LogP contribution in [0.2, 0.25) is 0 Å². The van der Waals surface area contributed by atoms with E-state index in [1.54, 1.807) is 6.08 Å². The summed E-state index contributed by atoms with van der Waals surface area (Å²) >= 11 is 0. The molecule has 5 heteroatoms. The van der Waals surface area contributed by atoms with E-state index in [-0.39, 0.29) is 5.97 Å². The number of benzene rings is 2. The molecule has 0 amide bonds. The lowest BCUT2D eigenvalue weighted by Gasteiger charge is -2.23. The van der Waals surface area contributed by atoms with Gasteiger partial charge in [0.05, 0.1) is 12.2 Å². The van der Waals surface area contributed by atoms with Crippen molar-refractivity contribution in [2.24, 2.45) is 0 Å². The minimum absolute atomic E-state index is 0.371. The fraction of sp³-hybridized carbons (Fsp3) is 0.333. The normalized spacial score (nSPS) is 11.9. The zero-order valence-electron chi connectivity index (χ0n) is 17.4. The van der Waals surface area contributed by atoms with Crippen molar-refractivity contribution >= 4 is 23.1 Å². The fourth-order valence-electron chi connectivity index (χ4n) is 2.83. The van der Waals surface area contributed by atoms with Crippen molar-refractivity contribution in [1.29, 1.82) is 0 Å². The Morgan fingerprint density at radius 1 is 1.14 bits per heavy atom. The third kappa shape index (κ3) is 5.47. The maximum Gasteiger partial charge on any atom is 0.330 e. The van der Waals surface area contributed by atoms with E-state index in [0.29, 0.717) is 29.4 Å². The van der Waals surface area contributed by atoms with Gasteiger partial charge in [0.1, 0.15) is 16.9 Å². The lowest BCUT2D eigenvalue weighted by molar-refractivity contribution is -0.137. The summed E-state index contributed by atoms with van der Waals surface area (Å²) in [6.45, 7) is 8.42. The molecule has 0 unspecified atom stereocenters. The first kappa shape index (κ1) is 20.6. The Morgan fingerprint density at radius 2 is 1.93 bits per heavy atom. The van der Waals surface area contributed by atoms with Crippen LogP contribution in [0.15, 0.2) is 53.0 Å². The minimum atomic E-state index is -0.401. The molecular weight excluding hydrogens is 366 g/mol. The topological polar surface area (TPSA) is 61.6 Å². The van der Waals surface area contributed by atoms with E-state index >= 15 is 0 Å². The van der Waals surface area contributed by atoms with E-state index in [9.17, 15) is 4.79 Å². The number of ether oxygens (including phenoxy) is 2. The second kappa shape index (κ2) is 8.95. The van der Waals surface area contributed by atoms with Gasteiger partial charge in [0.2, 0.25) is 5.89 Å². The lowest BCUT2D eigenvalue weighted by atomic mass is 10.0. The molecule has 2 aromatic carbocycles. The average Bonchev–Trinajstić information content (AvgIpc) is 3.09. The number of fused-ring (bicyclic) bond motifs is 1. The number of oxazole rings is 1.